The highest BCUT2D eigenvalue weighted by molar-refractivity contribution is 5.92. The summed E-state index contributed by atoms with van der Waals surface area (Å²) in [5, 5.41) is 2.65. The van der Waals surface area contributed by atoms with E-state index in [9.17, 15) is 9.59 Å². The molecule has 3 rings (SSSR count). The number of fused-ring (bicyclic) bond motifs is 1. The lowest BCUT2D eigenvalue weighted by Crippen LogP contribution is -2.33. The number of amides is 1. The van der Waals surface area contributed by atoms with Crippen LogP contribution in [0, 0.1) is 5.92 Å². The number of benzene rings is 1. The highest BCUT2D eigenvalue weighted by atomic mass is 16.5. The second-order valence-electron chi connectivity index (χ2n) is 4.73. The first-order chi connectivity index (χ1) is 9.74. The van der Waals surface area contributed by atoms with E-state index in [1.54, 1.807) is 0 Å². The Kier molecular flexibility index (Phi) is 3.25. The molecule has 102 valence electrons. The quantitative estimate of drug-likeness (QED) is 0.870. The molecule has 1 amide bonds. The van der Waals surface area contributed by atoms with E-state index in [0.717, 1.165) is 11.3 Å². The first-order valence-electron chi connectivity index (χ1n) is 6.43. The summed E-state index contributed by atoms with van der Waals surface area (Å²) < 4.78 is 5.58. The standard InChI is InChI=1S/C15H14N2O3/c18-13-5-6-16-8-12(13)17-15(19)11-7-10-3-1-2-4-14(10)20-9-11/h1-6,8,11H,7,9H2,(H,16,18)(H,17,19)/t11-/m1/s1. The van der Waals surface area contributed by atoms with E-state index in [2.05, 4.69) is 10.3 Å². The van der Waals surface area contributed by atoms with Crippen molar-refractivity contribution in [1.82, 2.24) is 4.98 Å². The van der Waals surface area contributed by atoms with Crippen LogP contribution in [0.2, 0.25) is 0 Å². The normalized spacial score (nSPS) is 16.9. The molecule has 2 N–H and O–H groups in total. The maximum atomic E-state index is 12.2. The van der Waals surface area contributed by atoms with Gasteiger partial charge in [0.2, 0.25) is 11.3 Å². The number of aromatic amines is 1. The topological polar surface area (TPSA) is 71.2 Å². The second-order valence-corrected chi connectivity index (χ2v) is 4.73. The molecule has 0 unspecified atom stereocenters. The summed E-state index contributed by atoms with van der Waals surface area (Å²) in [6.45, 7) is 0.327. The Hall–Kier alpha value is -2.56. The Morgan fingerprint density at radius 3 is 3.00 bits per heavy atom. The zero-order chi connectivity index (χ0) is 13.9. The van der Waals surface area contributed by atoms with Gasteiger partial charge in [0, 0.05) is 18.5 Å². The summed E-state index contributed by atoms with van der Waals surface area (Å²) in [6.07, 6.45) is 3.63. The third kappa shape index (κ3) is 2.42. The Bertz CT molecular complexity index is 693. The van der Waals surface area contributed by atoms with E-state index in [1.165, 1.54) is 18.5 Å². The molecule has 5 heteroatoms. The van der Waals surface area contributed by atoms with Crippen LogP contribution in [0.3, 0.4) is 0 Å². The van der Waals surface area contributed by atoms with Gasteiger partial charge in [0.25, 0.3) is 0 Å². The lowest BCUT2D eigenvalue weighted by Gasteiger charge is -2.24. The van der Waals surface area contributed by atoms with Gasteiger partial charge in [0.05, 0.1) is 5.92 Å². The summed E-state index contributed by atoms with van der Waals surface area (Å²) in [5.41, 5.74) is 1.06. The van der Waals surface area contributed by atoms with E-state index in [0.29, 0.717) is 13.0 Å². The van der Waals surface area contributed by atoms with Crippen LogP contribution in [0.1, 0.15) is 5.56 Å². The zero-order valence-corrected chi connectivity index (χ0v) is 10.8. The molecule has 5 nitrogen and oxygen atoms in total. The molecule has 0 spiro atoms. The molecule has 0 aliphatic carbocycles. The van der Waals surface area contributed by atoms with Crippen molar-refractivity contribution in [3.63, 3.8) is 0 Å². The Morgan fingerprint density at radius 1 is 1.30 bits per heavy atom. The van der Waals surface area contributed by atoms with Gasteiger partial charge in [-0.25, -0.2) is 0 Å². The highest BCUT2D eigenvalue weighted by Crippen LogP contribution is 2.27. The van der Waals surface area contributed by atoms with Gasteiger partial charge in [-0.1, -0.05) is 18.2 Å². The molecule has 20 heavy (non-hydrogen) atoms. The first kappa shape index (κ1) is 12.5. The molecule has 0 fully saturated rings. The molecule has 1 atom stereocenters. The number of aromatic nitrogens is 1. The molecule has 2 heterocycles. The van der Waals surface area contributed by atoms with Crippen LogP contribution in [0.15, 0.2) is 47.5 Å². The Morgan fingerprint density at radius 2 is 2.15 bits per heavy atom. The highest BCUT2D eigenvalue weighted by Gasteiger charge is 2.26. The third-order valence-corrected chi connectivity index (χ3v) is 3.33. The number of para-hydroxylation sites is 1. The minimum Gasteiger partial charge on any atom is -0.492 e. The van der Waals surface area contributed by atoms with E-state index >= 15 is 0 Å². The molecule has 0 saturated carbocycles. The van der Waals surface area contributed by atoms with Gasteiger partial charge in [0.1, 0.15) is 18.0 Å². The average Bonchev–Trinajstić information content (AvgIpc) is 2.49. The molecular weight excluding hydrogens is 256 g/mol. The second kappa shape index (κ2) is 5.21. The van der Waals surface area contributed by atoms with Crippen molar-refractivity contribution in [2.75, 3.05) is 11.9 Å². The van der Waals surface area contributed by atoms with Crippen LogP contribution in [0.25, 0.3) is 0 Å². The monoisotopic (exact) mass is 270 g/mol. The van der Waals surface area contributed by atoms with Gasteiger partial charge < -0.3 is 15.0 Å². The fourth-order valence-corrected chi connectivity index (χ4v) is 2.25. The summed E-state index contributed by atoms with van der Waals surface area (Å²) in [6, 6.07) is 9.05. The largest absolute Gasteiger partial charge is 0.492 e. The van der Waals surface area contributed by atoms with E-state index < -0.39 is 0 Å². The number of hydrogen-bond acceptors (Lipinski definition) is 3. The van der Waals surface area contributed by atoms with E-state index in [4.69, 9.17) is 4.74 Å². The lowest BCUT2D eigenvalue weighted by molar-refractivity contribution is -0.121. The van der Waals surface area contributed by atoms with Gasteiger partial charge >= 0.3 is 0 Å². The number of nitrogens with one attached hydrogen (secondary N) is 2. The van der Waals surface area contributed by atoms with Crippen LogP contribution in [-0.2, 0) is 11.2 Å². The van der Waals surface area contributed by atoms with Crippen LogP contribution >= 0.6 is 0 Å². The number of rotatable bonds is 2. The van der Waals surface area contributed by atoms with Crippen molar-refractivity contribution in [1.29, 1.82) is 0 Å². The van der Waals surface area contributed by atoms with Crippen LogP contribution in [-0.4, -0.2) is 17.5 Å². The van der Waals surface area contributed by atoms with Crippen molar-refractivity contribution in [3.05, 3.63) is 58.5 Å². The number of ether oxygens (including phenoxy) is 1. The number of anilines is 1. The molecule has 1 aromatic carbocycles. The predicted molar refractivity (Wildman–Crippen MR) is 74.8 cm³/mol. The molecule has 1 aromatic heterocycles. The van der Waals surface area contributed by atoms with Gasteiger partial charge in [0.15, 0.2) is 0 Å². The van der Waals surface area contributed by atoms with E-state index in [1.807, 2.05) is 24.3 Å². The Balaban J connectivity index is 1.74. The van der Waals surface area contributed by atoms with Gasteiger partial charge in [-0.2, -0.15) is 0 Å². The van der Waals surface area contributed by atoms with Gasteiger partial charge in [-0.15, -0.1) is 0 Å². The van der Waals surface area contributed by atoms with Gasteiger partial charge in [-0.3, -0.25) is 9.59 Å². The van der Waals surface area contributed by atoms with Crippen LogP contribution in [0.5, 0.6) is 5.75 Å². The third-order valence-electron chi connectivity index (χ3n) is 3.33. The van der Waals surface area contributed by atoms with Gasteiger partial charge in [-0.05, 0) is 18.1 Å². The average molecular weight is 270 g/mol. The lowest BCUT2D eigenvalue weighted by atomic mass is 9.96. The molecule has 1 aliphatic heterocycles. The van der Waals surface area contributed by atoms with Crippen molar-refractivity contribution in [2.24, 2.45) is 5.92 Å². The number of pyridine rings is 1. The number of carbonyl (C=O) groups is 1. The van der Waals surface area contributed by atoms with E-state index in [-0.39, 0.29) is 22.9 Å². The maximum absolute atomic E-state index is 12.2. The smallest absolute Gasteiger partial charge is 0.231 e. The summed E-state index contributed by atoms with van der Waals surface area (Å²) in [4.78, 5) is 26.5. The van der Waals surface area contributed by atoms with Crippen molar-refractivity contribution < 1.29 is 9.53 Å². The minimum absolute atomic E-state index is 0.198. The summed E-state index contributed by atoms with van der Waals surface area (Å²) >= 11 is 0. The molecule has 0 saturated heterocycles. The minimum atomic E-state index is -0.287. The predicted octanol–water partition coefficient (Wildman–Crippen LogP) is 1.56. The molecule has 0 bridgehead atoms. The fourth-order valence-electron chi connectivity index (χ4n) is 2.25. The van der Waals surface area contributed by atoms with Crippen molar-refractivity contribution in [2.45, 2.75) is 6.42 Å². The van der Waals surface area contributed by atoms with Crippen molar-refractivity contribution >= 4 is 11.6 Å². The Labute approximate surface area is 115 Å². The molecule has 0 radical (unpaired) electrons. The SMILES string of the molecule is O=C(Nc1c[nH]ccc1=O)[C@H]1COc2ccccc2C1. The van der Waals surface area contributed by atoms with Crippen LogP contribution < -0.4 is 15.5 Å². The van der Waals surface area contributed by atoms with Crippen LogP contribution in [0.4, 0.5) is 5.69 Å². The number of H-pyrrole nitrogens is 1. The molecule has 1 aliphatic rings. The fraction of sp³-hybridized carbons (Fsp3) is 0.200. The van der Waals surface area contributed by atoms with Crippen molar-refractivity contribution in [3.8, 4) is 5.75 Å². The number of hydrogen-bond donors (Lipinski definition) is 2. The first-order valence-corrected chi connectivity index (χ1v) is 6.43. The summed E-state index contributed by atoms with van der Waals surface area (Å²) in [5.74, 6) is 0.342. The number of carbonyl (C=O) groups excluding carboxylic acids is 1. The zero-order valence-electron chi connectivity index (χ0n) is 10.8. The molecular formula is C15H14N2O3. The summed E-state index contributed by atoms with van der Waals surface area (Å²) in [7, 11) is 0. The maximum Gasteiger partial charge on any atom is 0.231 e. The molecule has 2 aromatic rings.